The van der Waals surface area contributed by atoms with Gasteiger partial charge in [-0.3, -0.25) is 4.79 Å². The Kier molecular flexibility index (Phi) is 5.63. The Morgan fingerprint density at radius 2 is 2.31 bits per heavy atom. The number of halogens is 2. The molecule has 16 heavy (non-hydrogen) atoms. The zero-order chi connectivity index (χ0) is 12.0. The van der Waals surface area contributed by atoms with E-state index in [9.17, 15) is 9.18 Å². The summed E-state index contributed by atoms with van der Waals surface area (Å²) in [6, 6.07) is 4.58. The van der Waals surface area contributed by atoms with Crippen LogP contribution in [-0.2, 0) is 10.5 Å². The van der Waals surface area contributed by atoms with Crippen LogP contribution in [-0.4, -0.2) is 18.2 Å². The van der Waals surface area contributed by atoms with Gasteiger partial charge in [0.2, 0.25) is 5.91 Å². The number of amides is 1. The average molecular weight is 262 g/mol. The summed E-state index contributed by atoms with van der Waals surface area (Å²) < 4.78 is 13.3. The third kappa shape index (κ3) is 4.02. The number of thioether (sulfide) groups is 1. The molecule has 0 fully saturated rings. The number of nitrogens with one attached hydrogen (secondary N) is 1. The summed E-state index contributed by atoms with van der Waals surface area (Å²) in [4.78, 5) is 11.1. The Morgan fingerprint density at radius 3 is 2.94 bits per heavy atom. The fraction of sp³-hybridized carbons (Fsp3) is 0.364. The first-order valence-electron chi connectivity index (χ1n) is 4.92. The van der Waals surface area contributed by atoms with E-state index < -0.39 is 0 Å². The largest absolute Gasteiger partial charge is 0.356 e. The molecule has 1 N–H and O–H groups in total. The molecule has 0 radical (unpaired) electrons. The second-order valence-electron chi connectivity index (χ2n) is 3.15. The molecule has 0 spiro atoms. The normalized spacial score (nSPS) is 10.2. The van der Waals surface area contributed by atoms with Gasteiger partial charge in [-0.05, 0) is 19.1 Å². The van der Waals surface area contributed by atoms with Crippen LogP contribution in [0.25, 0.3) is 0 Å². The third-order valence-corrected chi connectivity index (χ3v) is 3.23. The van der Waals surface area contributed by atoms with E-state index in [4.69, 9.17) is 11.6 Å². The van der Waals surface area contributed by atoms with Gasteiger partial charge in [0, 0.05) is 22.9 Å². The van der Waals surface area contributed by atoms with Crippen LogP contribution in [0.2, 0.25) is 5.02 Å². The summed E-state index contributed by atoms with van der Waals surface area (Å²) >= 11 is 7.20. The molecule has 0 heterocycles. The maximum atomic E-state index is 13.3. The first-order valence-corrected chi connectivity index (χ1v) is 6.45. The lowest BCUT2D eigenvalue weighted by Crippen LogP contribution is -2.24. The van der Waals surface area contributed by atoms with Gasteiger partial charge in [0.05, 0.1) is 5.75 Å². The Hall–Kier alpha value is -0.740. The standard InChI is InChI=1S/C11H13ClFNOS/c1-2-14-11(15)7-16-6-8-9(12)4-3-5-10(8)13/h3-5H,2,6-7H2,1H3,(H,14,15). The van der Waals surface area contributed by atoms with Crippen molar-refractivity contribution in [3.63, 3.8) is 0 Å². The van der Waals surface area contributed by atoms with E-state index in [1.807, 2.05) is 6.92 Å². The predicted molar refractivity (Wildman–Crippen MR) is 66.3 cm³/mol. The molecule has 0 unspecified atom stereocenters. The molecule has 0 aliphatic heterocycles. The third-order valence-electron chi connectivity index (χ3n) is 1.92. The molecule has 0 bridgehead atoms. The highest BCUT2D eigenvalue weighted by atomic mass is 35.5. The number of benzene rings is 1. The van der Waals surface area contributed by atoms with Crippen LogP contribution >= 0.6 is 23.4 Å². The van der Waals surface area contributed by atoms with E-state index >= 15 is 0 Å². The van der Waals surface area contributed by atoms with Crippen molar-refractivity contribution in [3.05, 3.63) is 34.6 Å². The highest BCUT2D eigenvalue weighted by Crippen LogP contribution is 2.23. The van der Waals surface area contributed by atoms with E-state index in [1.54, 1.807) is 12.1 Å². The molecule has 1 aromatic rings. The van der Waals surface area contributed by atoms with E-state index in [1.165, 1.54) is 17.8 Å². The fourth-order valence-electron chi connectivity index (χ4n) is 1.16. The lowest BCUT2D eigenvalue weighted by atomic mass is 10.2. The molecule has 1 aromatic carbocycles. The molecule has 0 aliphatic carbocycles. The van der Waals surface area contributed by atoms with Crippen LogP contribution in [0.1, 0.15) is 12.5 Å². The van der Waals surface area contributed by atoms with E-state index in [-0.39, 0.29) is 11.7 Å². The average Bonchev–Trinajstić information content (AvgIpc) is 2.23. The Balaban J connectivity index is 2.46. The monoisotopic (exact) mass is 261 g/mol. The van der Waals surface area contributed by atoms with Gasteiger partial charge in [-0.1, -0.05) is 17.7 Å². The highest BCUT2D eigenvalue weighted by molar-refractivity contribution is 7.99. The topological polar surface area (TPSA) is 29.1 Å². The molecule has 88 valence electrons. The van der Waals surface area contributed by atoms with Gasteiger partial charge in [-0.2, -0.15) is 0 Å². The van der Waals surface area contributed by atoms with Gasteiger partial charge < -0.3 is 5.32 Å². The number of hydrogen-bond donors (Lipinski definition) is 1. The van der Waals surface area contributed by atoms with Crippen molar-refractivity contribution < 1.29 is 9.18 Å². The predicted octanol–water partition coefficient (Wildman–Crippen LogP) is 2.85. The summed E-state index contributed by atoms with van der Waals surface area (Å²) in [6.45, 7) is 2.47. The molecule has 2 nitrogen and oxygen atoms in total. The van der Waals surface area contributed by atoms with Crippen molar-refractivity contribution in [2.75, 3.05) is 12.3 Å². The molecule has 1 rings (SSSR count). The van der Waals surface area contributed by atoms with Crippen molar-refractivity contribution in [2.45, 2.75) is 12.7 Å². The molecular weight excluding hydrogens is 249 g/mol. The quantitative estimate of drug-likeness (QED) is 0.883. The molecule has 0 atom stereocenters. The van der Waals surface area contributed by atoms with Gasteiger partial charge in [-0.25, -0.2) is 4.39 Å². The van der Waals surface area contributed by atoms with Gasteiger partial charge in [0.15, 0.2) is 0 Å². The van der Waals surface area contributed by atoms with E-state index in [2.05, 4.69) is 5.32 Å². The van der Waals surface area contributed by atoms with Crippen LogP contribution in [0.15, 0.2) is 18.2 Å². The SMILES string of the molecule is CCNC(=O)CSCc1c(F)cccc1Cl. The zero-order valence-corrected chi connectivity index (χ0v) is 10.5. The number of carbonyl (C=O) groups excluding carboxylic acids is 1. The Bertz CT molecular complexity index is 353. The smallest absolute Gasteiger partial charge is 0.229 e. The molecule has 1 amide bonds. The van der Waals surface area contributed by atoms with Crippen LogP contribution in [0.4, 0.5) is 4.39 Å². The Labute approximate surface area is 104 Å². The minimum Gasteiger partial charge on any atom is -0.356 e. The van der Waals surface area contributed by atoms with E-state index in [0.29, 0.717) is 28.6 Å². The van der Waals surface area contributed by atoms with Gasteiger partial charge in [-0.15, -0.1) is 11.8 Å². The fourth-order valence-corrected chi connectivity index (χ4v) is 2.36. The van der Waals surface area contributed by atoms with Crippen molar-refractivity contribution in [1.29, 1.82) is 0 Å². The summed E-state index contributed by atoms with van der Waals surface area (Å²) in [5, 5.41) is 3.08. The van der Waals surface area contributed by atoms with E-state index in [0.717, 1.165) is 0 Å². The molecule has 0 aliphatic rings. The van der Waals surface area contributed by atoms with Crippen LogP contribution in [0, 0.1) is 5.82 Å². The van der Waals surface area contributed by atoms with Gasteiger partial charge >= 0.3 is 0 Å². The molecule has 0 saturated carbocycles. The first kappa shape index (κ1) is 13.3. The lowest BCUT2D eigenvalue weighted by Gasteiger charge is -2.05. The van der Waals surface area contributed by atoms with Crippen molar-refractivity contribution in [3.8, 4) is 0 Å². The van der Waals surface area contributed by atoms with Gasteiger partial charge in [0.25, 0.3) is 0 Å². The second kappa shape index (κ2) is 6.76. The Morgan fingerprint density at radius 1 is 1.56 bits per heavy atom. The number of carbonyl (C=O) groups is 1. The van der Waals surface area contributed by atoms with Crippen LogP contribution in [0.5, 0.6) is 0 Å². The van der Waals surface area contributed by atoms with Gasteiger partial charge in [0.1, 0.15) is 5.82 Å². The summed E-state index contributed by atoms with van der Waals surface area (Å²) in [7, 11) is 0. The summed E-state index contributed by atoms with van der Waals surface area (Å²) in [6.07, 6.45) is 0. The van der Waals surface area contributed by atoms with Crippen LogP contribution in [0.3, 0.4) is 0 Å². The minimum atomic E-state index is -0.323. The zero-order valence-electron chi connectivity index (χ0n) is 8.93. The minimum absolute atomic E-state index is 0.0417. The second-order valence-corrected chi connectivity index (χ2v) is 4.54. The van der Waals surface area contributed by atoms with Crippen molar-refractivity contribution in [1.82, 2.24) is 5.32 Å². The first-order chi connectivity index (χ1) is 7.65. The van der Waals surface area contributed by atoms with Crippen molar-refractivity contribution >= 4 is 29.3 Å². The maximum absolute atomic E-state index is 13.3. The molecule has 0 saturated heterocycles. The summed E-state index contributed by atoms with van der Waals surface area (Å²) in [5.74, 6) is 0.358. The molecule has 0 aromatic heterocycles. The lowest BCUT2D eigenvalue weighted by molar-refractivity contribution is -0.118. The van der Waals surface area contributed by atoms with Crippen LogP contribution < -0.4 is 5.32 Å². The molecular formula is C11H13ClFNOS. The molecule has 5 heteroatoms. The maximum Gasteiger partial charge on any atom is 0.229 e. The number of hydrogen-bond acceptors (Lipinski definition) is 2. The summed E-state index contributed by atoms with van der Waals surface area (Å²) in [5.41, 5.74) is 0.457. The van der Waals surface area contributed by atoms with Crippen molar-refractivity contribution in [2.24, 2.45) is 0 Å². The number of rotatable bonds is 5. The highest BCUT2D eigenvalue weighted by Gasteiger charge is 2.07.